The molecule has 7 heteroatoms. The second-order valence-electron chi connectivity index (χ2n) is 4.15. The fraction of sp³-hybridized carbons (Fsp3) is 0.417. The van der Waals surface area contributed by atoms with Gasteiger partial charge in [0.05, 0.1) is 17.1 Å². The lowest BCUT2D eigenvalue weighted by Crippen LogP contribution is -2.18. The molecule has 0 aromatic heterocycles. The highest BCUT2D eigenvalue weighted by molar-refractivity contribution is 7.92. The SMILES string of the molecule is CCCCS(=O)(=O)Nc1cc(F)ccc1NC(C)=O. The Bertz CT molecular complexity index is 558. The number of hydrogen-bond acceptors (Lipinski definition) is 3. The van der Waals surface area contributed by atoms with E-state index in [2.05, 4.69) is 10.0 Å². The third-order valence-electron chi connectivity index (χ3n) is 2.32. The van der Waals surface area contributed by atoms with Crippen molar-refractivity contribution in [2.75, 3.05) is 15.8 Å². The Morgan fingerprint density at radius 3 is 2.58 bits per heavy atom. The van der Waals surface area contributed by atoms with Crippen LogP contribution >= 0.6 is 0 Å². The van der Waals surface area contributed by atoms with Crippen LogP contribution < -0.4 is 10.0 Å². The standard InChI is InChI=1S/C12H17FN2O3S/c1-3-4-7-19(17,18)15-12-8-10(13)5-6-11(12)14-9(2)16/h5-6,8,15H,3-4,7H2,1-2H3,(H,14,16). The number of benzene rings is 1. The van der Waals surface area contributed by atoms with Gasteiger partial charge in [0.25, 0.3) is 0 Å². The van der Waals surface area contributed by atoms with Gasteiger partial charge in [0.15, 0.2) is 0 Å². The summed E-state index contributed by atoms with van der Waals surface area (Å²) >= 11 is 0. The van der Waals surface area contributed by atoms with Gasteiger partial charge in [0.2, 0.25) is 15.9 Å². The molecular weight excluding hydrogens is 271 g/mol. The average Bonchev–Trinajstić information content (AvgIpc) is 2.29. The van der Waals surface area contributed by atoms with E-state index in [1.807, 2.05) is 6.92 Å². The largest absolute Gasteiger partial charge is 0.325 e. The first-order valence-corrected chi connectivity index (χ1v) is 7.57. The zero-order chi connectivity index (χ0) is 14.5. The van der Waals surface area contributed by atoms with Crippen molar-refractivity contribution in [3.63, 3.8) is 0 Å². The van der Waals surface area contributed by atoms with Crippen LogP contribution in [0.2, 0.25) is 0 Å². The molecule has 106 valence electrons. The van der Waals surface area contributed by atoms with Crippen molar-refractivity contribution < 1.29 is 17.6 Å². The average molecular weight is 288 g/mol. The monoisotopic (exact) mass is 288 g/mol. The minimum absolute atomic E-state index is 0.0336. The molecule has 0 saturated heterocycles. The van der Waals surface area contributed by atoms with Crippen LogP contribution in [0.25, 0.3) is 0 Å². The smallest absolute Gasteiger partial charge is 0.232 e. The van der Waals surface area contributed by atoms with E-state index in [-0.39, 0.29) is 23.0 Å². The quantitative estimate of drug-likeness (QED) is 0.843. The van der Waals surface area contributed by atoms with Crippen LogP contribution in [0.3, 0.4) is 0 Å². The van der Waals surface area contributed by atoms with Gasteiger partial charge in [-0.05, 0) is 18.6 Å². The van der Waals surface area contributed by atoms with Crippen LogP contribution in [0.15, 0.2) is 18.2 Å². The van der Waals surface area contributed by atoms with Crippen molar-refractivity contribution in [1.82, 2.24) is 0 Å². The molecule has 0 spiro atoms. The topological polar surface area (TPSA) is 75.3 Å². The molecule has 19 heavy (non-hydrogen) atoms. The summed E-state index contributed by atoms with van der Waals surface area (Å²) in [7, 11) is -3.54. The van der Waals surface area contributed by atoms with Gasteiger partial charge in [-0.3, -0.25) is 9.52 Å². The number of carbonyl (C=O) groups is 1. The normalized spacial score (nSPS) is 11.1. The zero-order valence-electron chi connectivity index (χ0n) is 10.9. The Labute approximate surface area is 112 Å². The minimum Gasteiger partial charge on any atom is -0.325 e. The summed E-state index contributed by atoms with van der Waals surface area (Å²) < 4.78 is 39.0. The molecule has 0 aliphatic carbocycles. The summed E-state index contributed by atoms with van der Waals surface area (Å²) in [5.74, 6) is -0.984. The summed E-state index contributed by atoms with van der Waals surface area (Å²) in [4.78, 5) is 11.0. The van der Waals surface area contributed by atoms with E-state index in [1.54, 1.807) is 0 Å². The molecule has 0 unspecified atom stereocenters. The molecule has 0 heterocycles. The van der Waals surface area contributed by atoms with E-state index in [4.69, 9.17) is 0 Å². The first-order valence-electron chi connectivity index (χ1n) is 5.91. The molecule has 1 aromatic carbocycles. The van der Waals surface area contributed by atoms with Crippen molar-refractivity contribution in [3.05, 3.63) is 24.0 Å². The van der Waals surface area contributed by atoms with Crippen LogP contribution in [-0.2, 0) is 14.8 Å². The Morgan fingerprint density at radius 2 is 2.00 bits per heavy atom. The van der Waals surface area contributed by atoms with E-state index in [1.165, 1.54) is 13.0 Å². The maximum atomic E-state index is 13.2. The summed E-state index contributed by atoms with van der Waals surface area (Å²) in [6, 6.07) is 3.50. The second-order valence-corrected chi connectivity index (χ2v) is 5.99. The van der Waals surface area contributed by atoms with E-state index in [0.29, 0.717) is 6.42 Å². The second kappa shape index (κ2) is 6.51. The lowest BCUT2D eigenvalue weighted by Gasteiger charge is -2.12. The number of hydrogen-bond donors (Lipinski definition) is 2. The third kappa shape index (κ3) is 5.25. The van der Waals surface area contributed by atoms with Crippen LogP contribution in [-0.4, -0.2) is 20.1 Å². The molecule has 0 atom stereocenters. The predicted molar refractivity (Wildman–Crippen MR) is 73.0 cm³/mol. The minimum atomic E-state index is -3.54. The van der Waals surface area contributed by atoms with Crippen molar-refractivity contribution in [2.24, 2.45) is 0 Å². The van der Waals surface area contributed by atoms with E-state index >= 15 is 0 Å². The van der Waals surface area contributed by atoms with Crippen molar-refractivity contribution >= 4 is 27.3 Å². The van der Waals surface area contributed by atoms with Gasteiger partial charge in [-0.15, -0.1) is 0 Å². The fourth-order valence-electron chi connectivity index (χ4n) is 1.45. The number of rotatable bonds is 6. The maximum absolute atomic E-state index is 13.2. The van der Waals surface area contributed by atoms with Crippen molar-refractivity contribution in [2.45, 2.75) is 26.7 Å². The van der Waals surface area contributed by atoms with Gasteiger partial charge in [0.1, 0.15) is 5.82 Å². The molecule has 2 N–H and O–H groups in total. The zero-order valence-corrected chi connectivity index (χ0v) is 11.7. The number of unbranched alkanes of at least 4 members (excludes halogenated alkanes) is 1. The molecule has 5 nitrogen and oxygen atoms in total. The van der Waals surface area contributed by atoms with Crippen molar-refractivity contribution in [3.8, 4) is 0 Å². The predicted octanol–water partition coefficient (Wildman–Crippen LogP) is 2.33. The number of sulfonamides is 1. The van der Waals surface area contributed by atoms with E-state index in [9.17, 15) is 17.6 Å². The molecule has 0 aliphatic rings. The highest BCUT2D eigenvalue weighted by Crippen LogP contribution is 2.24. The lowest BCUT2D eigenvalue weighted by atomic mass is 10.2. The van der Waals surface area contributed by atoms with Crippen LogP contribution in [0, 0.1) is 5.82 Å². The van der Waals surface area contributed by atoms with Crippen molar-refractivity contribution in [1.29, 1.82) is 0 Å². The molecule has 0 saturated carbocycles. The number of amides is 1. The van der Waals surface area contributed by atoms with Gasteiger partial charge in [-0.25, -0.2) is 12.8 Å². The number of halogens is 1. The van der Waals surface area contributed by atoms with Crippen LogP contribution in [0.5, 0.6) is 0 Å². The highest BCUT2D eigenvalue weighted by atomic mass is 32.2. The third-order valence-corrected chi connectivity index (χ3v) is 3.68. The van der Waals surface area contributed by atoms with Crippen LogP contribution in [0.4, 0.5) is 15.8 Å². The van der Waals surface area contributed by atoms with Gasteiger partial charge in [-0.1, -0.05) is 13.3 Å². The highest BCUT2D eigenvalue weighted by Gasteiger charge is 2.13. The first kappa shape index (κ1) is 15.4. The Hall–Kier alpha value is -1.63. The maximum Gasteiger partial charge on any atom is 0.232 e. The Kier molecular flexibility index (Phi) is 5.29. The summed E-state index contributed by atoms with van der Waals surface area (Å²) in [5, 5.41) is 2.45. The molecule has 0 fully saturated rings. The number of carbonyl (C=O) groups excluding carboxylic acids is 1. The van der Waals surface area contributed by atoms with E-state index < -0.39 is 15.8 Å². The molecule has 0 aliphatic heterocycles. The molecule has 0 bridgehead atoms. The molecule has 1 rings (SSSR count). The van der Waals surface area contributed by atoms with Gasteiger partial charge in [-0.2, -0.15) is 0 Å². The van der Waals surface area contributed by atoms with Gasteiger partial charge < -0.3 is 5.32 Å². The number of nitrogens with one attached hydrogen (secondary N) is 2. The fourth-order valence-corrected chi connectivity index (χ4v) is 2.73. The molecule has 1 aromatic rings. The van der Waals surface area contributed by atoms with Gasteiger partial charge >= 0.3 is 0 Å². The number of anilines is 2. The summed E-state index contributed by atoms with van der Waals surface area (Å²) in [6.07, 6.45) is 1.25. The Balaban J connectivity index is 2.98. The molecule has 0 radical (unpaired) electrons. The lowest BCUT2D eigenvalue weighted by molar-refractivity contribution is -0.114. The van der Waals surface area contributed by atoms with E-state index in [0.717, 1.165) is 18.6 Å². The van der Waals surface area contributed by atoms with Gasteiger partial charge in [0, 0.05) is 13.0 Å². The summed E-state index contributed by atoms with van der Waals surface area (Å²) in [6.45, 7) is 3.17. The first-order chi connectivity index (χ1) is 8.84. The molecular formula is C12H17FN2O3S. The van der Waals surface area contributed by atoms with Crippen LogP contribution in [0.1, 0.15) is 26.7 Å². The Morgan fingerprint density at radius 1 is 1.32 bits per heavy atom. The molecule has 1 amide bonds. The summed E-state index contributed by atoms with van der Waals surface area (Å²) in [5.41, 5.74) is 0.264.